The first kappa shape index (κ1) is 16.4. The van der Waals surface area contributed by atoms with Crippen molar-refractivity contribution in [2.45, 2.75) is 50.6 Å². The minimum atomic E-state index is -0.0669. The molecule has 2 unspecified atom stereocenters. The fraction of sp³-hybridized carbons (Fsp3) is 0.706. The summed E-state index contributed by atoms with van der Waals surface area (Å²) >= 11 is 0. The number of nitrogens with zero attached hydrogens (tertiary/aromatic N) is 2. The van der Waals surface area contributed by atoms with Gasteiger partial charge >= 0.3 is 0 Å². The summed E-state index contributed by atoms with van der Waals surface area (Å²) in [6.07, 6.45) is 9.34. The van der Waals surface area contributed by atoms with Crippen LogP contribution in [0.2, 0.25) is 0 Å². The molecule has 118 valence electrons. The highest BCUT2D eigenvalue weighted by Gasteiger charge is 2.36. The van der Waals surface area contributed by atoms with Crippen molar-refractivity contribution in [2.24, 2.45) is 0 Å². The fourth-order valence-corrected chi connectivity index (χ4v) is 3.48. The summed E-state index contributed by atoms with van der Waals surface area (Å²) < 4.78 is 0. The van der Waals surface area contributed by atoms with Crippen LogP contribution in [0.25, 0.3) is 0 Å². The van der Waals surface area contributed by atoms with Crippen LogP contribution in [0.1, 0.15) is 38.2 Å². The summed E-state index contributed by atoms with van der Waals surface area (Å²) in [5, 5.41) is 13.3. The smallest absolute Gasteiger partial charge is 0.0613 e. The Labute approximate surface area is 128 Å². The van der Waals surface area contributed by atoms with E-state index in [2.05, 4.69) is 41.3 Å². The Balaban J connectivity index is 1.88. The van der Waals surface area contributed by atoms with Crippen molar-refractivity contribution in [3.8, 4) is 0 Å². The largest absolute Gasteiger partial charge is 0.394 e. The highest BCUT2D eigenvalue weighted by Crippen LogP contribution is 2.30. The van der Waals surface area contributed by atoms with Gasteiger partial charge in [-0.2, -0.15) is 0 Å². The average molecular weight is 291 g/mol. The van der Waals surface area contributed by atoms with Gasteiger partial charge < -0.3 is 15.3 Å². The Kier molecular flexibility index (Phi) is 6.15. The van der Waals surface area contributed by atoms with Crippen LogP contribution in [-0.4, -0.2) is 53.3 Å². The van der Waals surface area contributed by atoms with E-state index < -0.39 is 0 Å². The van der Waals surface area contributed by atoms with Gasteiger partial charge in [-0.15, -0.1) is 0 Å². The lowest BCUT2D eigenvalue weighted by Gasteiger charge is -2.43. The molecule has 0 aromatic carbocycles. The molecule has 0 amide bonds. The quantitative estimate of drug-likeness (QED) is 0.805. The topological polar surface area (TPSA) is 48.4 Å². The molecule has 0 bridgehead atoms. The molecule has 21 heavy (non-hydrogen) atoms. The molecule has 0 radical (unpaired) electrons. The number of nitrogens with one attached hydrogen (secondary N) is 1. The first-order valence-corrected chi connectivity index (χ1v) is 8.14. The predicted octanol–water partition coefficient (Wildman–Crippen LogP) is 1.84. The lowest BCUT2D eigenvalue weighted by molar-refractivity contribution is 0.0712. The van der Waals surface area contributed by atoms with Crippen LogP contribution in [0.5, 0.6) is 0 Å². The molecule has 1 aromatic rings. The van der Waals surface area contributed by atoms with Crippen molar-refractivity contribution < 1.29 is 5.11 Å². The molecule has 4 nitrogen and oxygen atoms in total. The number of aliphatic hydroxyl groups excluding tert-OH is 1. The number of aliphatic hydroxyl groups is 1. The molecule has 2 rings (SSSR count). The van der Waals surface area contributed by atoms with E-state index in [4.69, 9.17) is 0 Å². The Bertz CT molecular complexity index is 408. The van der Waals surface area contributed by atoms with Crippen LogP contribution < -0.4 is 5.32 Å². The zero-order valence-corrected chi connectivity index (χ0v) is 13.4. The lowest BCUT2D eigenvalue weighted by atomic mass is 9.79. The van der Waals surface area contributed by atoms with Crippen molar-refractivity contribution in [2.75, 3.05) is 26.7 Å². The van der Waals surface area contributed by atoms with Gasteiger partial charge in [0.15, 0.2) is 0 Å². The third-order valence-electron chi connectivity index (χ3n) is 4.80. The standard InChI is InChI=1S/C17H29N3O/c1-3-19-17(14-21)9-4-5-16(13-17)20(2)12-8-15-6-10-18-11-7-15/h6-7,10-11,16,19,21H,3-5,8-9,12-14H2,1-2H3. The van der Waals surface area contributed by atoms with Gasteiger partial charge in [0.2, 0.25) is 0 Å². The molecule has 1 aromatic heterocycles. The number of likely N-dealkylation sites (N-methyl/N-ethyl adjacent to an activating group) is 2. The zero-order chi connectivity index (χ0) is 15.1. The van der Waals surface area contributed by atoms with Crippen molar-refractivity contribution in [3.63, 3.8) is 0 Å². The minimum Gasteiger partial charge on any atom is -0.394 e. The second-order valence-corrected chi connectivity index (χ2v) is 6.31. The van der Waals surface area contributed by atoms with E-state index >= 15 is 0 Å². The second kappa shape index (κ2) is 7.87. The summed E-state index contributed by atoms with van der Waals surface area (Å²) in [6, 6.07) is 4.74. The van der Waals surface area contributed by atoms with Gasteiger partial charge in [0, 0.05) is 30.5 Å². The number of pyridine rings is 1. The lowest BCUT2D eigenvalue weighted by Crippen LogP contribution is -2.55. The summed E-state index contributed by atoms with van der Waals surface area (Å²) in [7, 11) is 2.21. The highest BCUT2D eigenvalue weighted by molar-refractivity contribution is 5.10. The van der Waals surface area contributed by atoms with Crippen LogP contribution >= 0.6 is 0 Å². The van der Waals surface area contributed by atoms with Gasteiger partial charge in [0.1, 0.15) is 0 Å². The molecule has 1 aliphatic rings. The van der Waals surface area contributed by atoms with E-state index in [0.29, 0.717) is 6.04 Å². The summed E-state index contributed by atoms with van der Waals surface area (Å²) in [6.45, 7) is 4.35. The molecule has 1 aliphatic carbocycles. The fourth-order valence-electron chi connectivity index (χ4n) is 3.48. The first-order chi connectivity index (χ1) is 10.2. The van der Waals surface area contributed by atoms with Crippen LogP contribution in [0.15, 0.2) is 24.5 Å². The summed E-state index contributed by atoms with van der Waals surface area (Å²) in [5.74, 6) is 0. The van der Waals surface area contributed by atoms with Gasteiger partial charge in [0.05, 0.1) is 6.61 Å². The third-order valence-corrected chi connectivity index (χ3v) is 4.80. The maximum absolute atomic E-state index is 9.79. The average Bonchev–Trinajstić information content (AvgIpc) is 2.54. The normalized spacial score (nSPS) is 26.2. The van der Waals surface area contributed by atoms with Crippen LogP contribution in [0.3, 0.4) is 0 Å². The predicted molar refractivity (Wildman–Crippen MR) is 86.3 cm³/mol. The Hall–Kier alpha value is -0.970. The molecule has 0 saturated heterocycles. The van der Waals surface area contributed by atoms with Crippen molar-refractivity contribution in [1.82, 2.24) is 15.2 Å². The molecule has 0 spiro atoms. The Morgan fingerprint density at radius 1 is 1.43 bits per heavy atom. The molecular formula is C17H29N3O. The van der Waals surface area contributed by atoms with E-state index in [1.807, 2.05) is 12.4 Å². The molecular weight excluding hydrogens is 262 g/mol. The van der Waals surface area contributed by atoms with Crippen molar-refractivity contribution >= 4 is 0 Å². The monoisotopic (exact) mass is 291 g/mol. The van der Waals surface area contributed by atoms with Crippen molar-refractivity contribution in [1.29, 1.82) is 0 Å². The number of hydrogen-bond donors (Lipinski definition) is 2. The highest BCUT2D eigenvalue weighted by atomic mass is 16.3. The van der Waals surface area contributed by atoms with Crippen LogP contribution in [0, 0.1) is 0 Å². The molecule has 4 heteroatoms. The van der Waals surface area contributed by atoms with E-state index in [0.717, 1.165) is 32.4 Å². The van der Waals surface area contributed by atoms with Gasteiger partial charge in [0.25, 0.3) is 0 Å². The van der Waals surface area contributed by atoms with E-state index in [-0.39, 0.29) is 12.1 Å². The van der Waals surface area contributed by atoms with Gasteiger partial charge in [-0.25, -0.2) is 0 Å². The number of rotatable bonds is 7. The minimum absolute atomic E-state index is 0.0669. The van der Waals surface area contributed by atoms with Crippen molar-refractivity contribution in [3.05, 3.63) is 30.1 Å². The first-order valence-electron chi connectivity index (χ1n) is 8.14. The van der Waals surface area contributed by atoms with Crippen LogP contribution in [-0.2, 0) is 6.42 Å². The maximum Gasteiger partial charge on any atom is 0.0613 e. The number of hydrogen-bond acceptors (Lipinski definition) is 4. The van der Waals surface area contributed by atoms with Gasteiger partial charge in [-0.1, -0.05) is 6.92 Å². The SMILES string of the molecule is CCNC1(CO)CCCC(N(C)CCc2ccncc2)C1. The second-order valence-electron chi connectivity index (χ2n) is 6.31. The molecule has 1 heterocycles. The van der Waals surface area contributed by atoms with E-state index in [1.54, 1.807) is 0 Å². The Morgan fingerprint density at radius 3 is 2.86 bits per heavy atom. The molecule has 2 N–H and O–H groups in total. The summed E-state index contributed by atoms with van der Waals surface area (Å²) in [5.41, 5.74) is 1.27. The maximum atomic E-state index is 9.79. The van der Waals surface area contributed by atoms with E-state index in [1.165, 1.54) is 18.4 Å². The zero-order valence-electron chi connectivity index (χ0n) is 13.4. The number of aromatic nitrogens is 1. The molecule has 1 saturated carbocycles. The molecule has 2 atom stereocenters. The molecule has 1 fully saturated rings. The third kappa shape index (κ3) is 4.50. The summed E-state index contributed by atoms with van der Waals surface area (Å²) in [4.78, 5) is 6.52. The van der Waals surface area contributed by atoms with Crippen LogP contribution in [0.4, 0.5) is 0 Å². The Morgan fingerprint density at radius 2 is 2.19 bits per heavy atom. The van der Waals surface area contributed by atoms with Gasteiger partial charge in [-0.3, -0.25) is 4.98 Å². The van der Waals surface area contributed by atoms with E-state index in [9.17, 15) is 5.11 Å². The van der Waals surface area contributed by atoms with Gasteiger partial charge in [-0.05, 0) is 63.4 Å². The molecule has 0 aliphatic heterocycles.